The average molecular weight is 237 g/mol. The molecule has 16 heavy (non-hydrogen) atoms. The fourth-order valence-corrected chi connectivity index (χ4v) is 0.984. The first-order chi connectivity index (χ1) is 7.37. The monoisotopic (exact) mass is 237 g/mol. The molecule has 0 aliphatic rings. The lowest BCUT2D eigenvalue weighted by atomic mass is 10.3. The van der Waals surface area contributed by atoms with Crippen molar-refractivity contribution in [1.29, 1.82) is 0 Å². The lowest BCUT2D eigenvalue weighted by molar-refractivity contribution is -0.276. The molecule has 1 rings (SSSR count). The molecule has 0 amide bonds. The van der Waals surface area contributed by atoms with Crippen LogP contribution in [0.5, 0.6) is 11.6 Å². The van der Waals surface area contributed by atoms with Crippen LogP contribution in [0.25, 0.3) is 0 Å². The summed E-state index contributed by atoms with van der Waals surface area (Å²) in [6, 6.07) is 0.763. The zero-order chi connectivity index (χ0) is 12.3. The molecular formula is C8H6F3NO4. The molecule has 0 saturated heterocycles. The van der Waals surface area contributed by atoms with Gasteiger partial charge in [0, 0.05) is 6.07 Å². The van der Waals surface area contributed by atoms with Gasteiger partial charge in [-0.25, -0.2) is 0 Å². The number of halogens is 3. The summed E-state index contributed by atoms with van der Waals surface area (Å²) in [6.45, 7) is 0. The second kappa shape index (κ2) is 4.25. The molecule has 1 aromatic heterocycles. The van der Waals surface area contributed by atoms with Crippen molar-refractivity contribution in [2.24, 2.45) is 0 Å². The Labute approximate surface area is 86.8 Å². The number of carbonyl (C=O) groups excluding carboxylic acids is 1. The van der Waals surface area contributed by atoms with Crippen molar-refractivity contribution in [3.05, 3.63) is 22.0 Å². The fourth-order valence-electron chi connectivity index (χ4n) is 0.984. The topological polar surface area (TPSA) is 68.4 Å². The predicted molar refractivity (Wildman–Crippen MR) is 45.7 cm³/mol. The van der Waals surface area contributed by atoms with Gasteiger partial charge in [0.2, 0.25) is 5.88 Å². The van der Waals surface area contributed by atoms with Crippen LogP contribution in [0.15, 0.2) is 10.9 Å². The summed E-state index contributed by atoms with van der Waals surface area (Å²) in [5.41, 5.74) is -1.43. The van der Waals surface area contributed by atoms with Gasteiger partial charge in [0.15, 0.2) is 6.29 Å². The summed E-state index contributed by atoms with van der Waals surface area (Å²) in [5.74, 6) is -1.14. The number of pyridine rings is 1. The third-order valence-electron chi connectivity index (χ3n) is 1.57. The summed E-state index contributed by atoms with van der Waals surface area (Å²) >= 11 is 0. The number of aromatic nitrogens is 1. The number of H-pyrrole nitrogens is 1. The van der Waals surface area contributed by atoms with Crippen molar-refractivity contribution in [3.8, 4) is 11.6 Å². The quantitative estimate of drug-likeness (QED) is 0.799. The third-order valence-corrected chi connectivity index (χ3v) is 1.57. The van der Waals surface area contributed by atoms with Crippen LogP contribution in [0.2, 0.25) is 0 Å². The number of nitrogens with one attached hydrogen (secondary N) is 1. The van der Waals surface area contributed by atoms with Crippen molar-refractivity contribution >= 4 is 6.29 Å². The molecule has 1 aromatic rings. The zero-order valence-corrected chi connectivity index (χ0v) is 7.92. The van der Waals surface area contributed by atoms with Crippen LogP contribution in [-0.4, -0.2) is 24.7 Å². The molecule has 8 heteroatoms. The Balaban J connectivity index is 3.21. The smallest absolute Gasteiger partial charge is 0.496 e. The van der Waals surface area contributed by atoms with E-state index in [0.717, 1.165) is 13.2 Å². The average Bonchev–Trinajstić information content (AvgIpc) is 2.14. The zero-order valence-electron chi connectivity index (χ0n) is 7.92. The molecule has 0 aliphatic heterocycles. The number of carbonyl (C=O) groups is 1. The number of methoxy groups -OCH3 is 1. The maximum atomic E-state index is 11.8. The molecule has 0 aliphatic carbocycles. The molecule has 0 saturated carbocycles. The Morgan fingerprint density at radius 3 is 2.50 bits per heavy atom. The third kappa shape index (κ3) is 2.75. The minimum Gasteiger partial charge on any atom is -0.496 e. The first kappa shape index (κ1) is 12.1. The Kier molecular flexibility index (Phi) is 3.21. The molecule has 0 bridgehead atoms. The number of ether oxygens (including phenoxy) is 2. The number of alkyl halides is 3. The van der Waals surface area contributed by atoms with E-state index in [1.165, 1.54) is 0 Å². The molecule has 88 valence electrons. The highest BCUT2D eigenvalue weighted by molar-refractivity contribution is 5.78. The predicted octanol–water partition coefficient (Wildman–Crippen LogP) is 1.09. The van der Waals surface area contributed by atoms with Crippen molar-refractivity contribution < 1.29 is 27.4 Å². The number of hydrogen-bond acceptors (Lipinski definition) is 4. The molecule has 1 heterocycles. The van der Waals surface area contributed by atoms with Crippen LogP contribution in [0.1, 0.15) is 10.4 Å². The Bertz CT molecular complexity index is 452. The molecular weight excluding hydrogens is 231 g/mol. The second-order valence-corrected chi connectivity index (χ2v) is 2.61. The standard InChI is InChI=1S/C8H6F3NO4/c1-15-5-2-6(16-8(9,10)11)12-7(14)4(5)3-13/h2-3H,1H3,(H,12,14). The van der Waals surface area contributed by atoms with E-state index >= 15 is 0 Å². The molecule has 0 radical (unpaired) electrons. The minimum atomic E-state index is -4.93. The maximum Gasteiger partial charge on any atom is 0.574 e. The van der Waals surface area contributed by atoms with Crippen LogP contribution in [0.4, 0.5) is 13.2 Å². The van der Waals surface area contributed by atoms with Crippen LogP contribution in [0, 0.1) is 0 Å². The first-order valence-electron chi connectivity index (χ1n) is 3.89. The van der Waals surface area contributed by atoms with Gasteiger partial charge < -0.3 is 9.47 Å². The lowest BCUT2D eigenvalue weighted by Gasteiger charge is -2.10. The SMILES string of the molecule is COc1cc(OC(F)(F)F)[nH]c(=O)c1C=O. The van der Waals surface area contributed by atoms with E-state index in [1.54, 1.807) is 4.98 Å². The molecule has 5 nitrogen and oxygen atoms in total. The van der Waals surface area contributed by atoms with Crippen molar-refractivity contribution in [2.45, 2.75) is 6.36 Å². The Morgan fingerprint density at radius 1 is 1.44 bits per heavy atom. The van der Waals surface area contributed by atoms with E-state index in [9.17, 15) is 22.8 Å². The van der Waals surface area contributed by atoms with Gasteiger partial charge in [0.25, 0.3) is 5.56 Å². The first-order valence-corrected chi connectivity index (χ1v) is 3.89. The maximum absolute atomic E-state index is 11.8. The highest BCUT2D eigenvalue weighted by Crippen LogP contribution is 2.23. The summed E-state index contributed by atoms with van der Waals surface area (Å²) in [6.07, 6.45) is -4.76. The van der Waals surface area contributed by atoms with Gasteiger partial charge in [0.05, 0.1) is 7.11 Å². The number of rotatable bonds is 3. The number of aldehydes is 1. The molecule has 0 atom stereocenters. The Hall–Kier alpha value is -1.99. The van der Waals surface area contributed by atoms with Gasteiger partial charge in [-0.15, -0.1) is 13.2 Å². The van der Waals surface area contributed by atoms with Crippen LogP contribution in [0.3, 0.4) is 0 Å². The second-order valence-electron chi connectivity index (χ2n) is 2.61. The van der Waals surface area contributed by atoms with Crippen LogP contribution in [-0.2, 0) is 0 Å². The Morgan fingerprint density at radius 2 is 2.06 bits per heavy atom. The van der Waals surface area contributed by atoms with E-state index in [-0.39, 0.29) is 12.0 Å². The van der Waals surface area contributed by atoms with Crippen molar-refractivity contribution in [3.63, 3.8) is 0 Å². The number of aromatic amines is 1. The van der Waals surface area contributed by atoms with E-state index in [4.69, 9.17) is 0 Å². The van der Waals surface area contributed by atoms with E-state index in [0.29, 0.717) is 0 Å². The van der Waals surface area contributed by atoms with Gasteiger partial charge in [-0.2, -0.15) is 0 Å². The summed E-state index contributed by atoms with van der Waals surface area (Å²) in [7, 11) is 1.11. The van der Waals surface area contributed by atoms with Gasteiger partial charge in [-0.1, -0.05) is 0 Å². The molecule has 0 aromatic carbocycles. The lowest BCUT2D eigenvalue weighted by Crippen LogP contribution is -2.21. The van der Waals surface area contributed by atoms with Crippen molar-refractivity contribution in [2.75, 3.05) is 7.11 Å². The van der Waals surface area contributed by atoms with Crippen molar-refractivity contribution in [1.82, 2.24) is 4.98 Å². The van der Waals surface area contributed by atoms with Gasteiger partial charge in [-0.05, 0) is 0 Å². The van der Waals surface area contributed by atoms with E-state index in [1.807, 2.05) is 0 Å². The highest BCUT2D eigenvalue weighted by Gasteiger charge is 2.32. The minimum absolute atomic E-state index is 0.176. The molecule has 0 spiro atoms. The van der Waals surface area contributed by atoms with Crippen LogP contribution >= 0.6 is 0 Å². The molecule has 0 fully saturated rings. The fraction of sp³-hybridized carbons (Fsp3) is 0.250. The van der Waals surface area contributed by atoms with E-state index < -0.39 is 23.4 Å². The molecule has 1 N–H and O–H groups in total. The summed E-state index contributed by atoms with van der Waals surface area (Å²) in [4.78, 5) is 23.3. The summed E-state index contributed by atoms with van der Waals surface area (Å²) < 4.78 is 43.6. The molecule has 0 unspecified atom stereocenters. The van der Waals surface area contributed by atoms with Crippen LogP contribution < -0.4 is 15.0 Å². The van der Waals surface area contributed by atoms with E-state index in [2.05, 4.69) is 9.47 Å². The summed E-state index contributed by atoms with van der Waals surface area (Å²) in [5, 5.41) is 0. The van der Waals surface area contributed by atoms with Gasteiger partial charge in [0.1, 0.15) is 11.3 Å². The van der Waals surface area contributed by atoms with Gasteiger partial charge >= 0.3 is 6.36 Å². The highest BCUT2D eigenvalue weighted by atomic mass is 19.4. The largest absolute Gasteiger partial charge is 0.574 e. The van der Waals surface area contributed by atoms with Gasteiger partial charge in [-0.3, -0.25) is 14.6 Å². The number of hydrogen-bond donors (Lipinski definition) is 1. The normalized spacial score (nSPS) is 11.0.